The van der Waals surface area contributed by atoms with Crippen LogP contribution < -0.4 is 19.9 Å². The lowest BCUT2D eigenvalue weighted by Gasteiger charge is -2.23. The average molecular weight is 331 g/mol. The van der Waals surface area contributed by atoms with Crippen molar-refractivity contribution >= 4 is 12.4 Å². The monoisotopic (exact) mass is 330 g/mol. The molecule has 0 bridgehead atoms. The minimum absolute atomic E-state index is 0. The van der Waals surface area contributed by atoms with Gasteiger partial charge in [-0.1, -0.05) is 13.0 Å². The lowest BCUT2D eigenvalue weighted by atomic mass is 9.90. The Morgan fingerprint density at radius 2 is 1.82 bits per heavy atom. The van der Waals surface area contributed by atoms with Crippen LogP contribution in [0.15, 0.2) is 12.1 Å². The first-order valence-electron chi connectivity index (χ1n) is 7.27. The van der Waals surface area contributed by atoms with E-state index in [0.29, 0.717) is 11.5 Å². The normalized spacial score (nSPS) is 21.3. The van der Waals surface area contributed by atoms with Gasteiger partial charge in [0.2, 0.25) is 5.75 Å². The van der Waals surface area contributed by atoms with Gasteiger partial charge in [0.05, 0.1) is 21.3 Å². The zero-order chi connectivity index (χ0) is 15.5. The molecule has 1 saturated heterocycles. The van der Waals surface area contributed by atoms with E-state index in [9.17, 15) is 0 Å². The van der Waals surface area contributed by atoms with Gasteiger partial charge in [0.25, 0.3) is 0 Å². The Balaban J connectivity index is 0.00000242. The molecule has 1 aromatic rings. The van der Waals surface area contributed by atoms with Gasteiger partial charge < -0.3 is 19.9 Å². The summed E-state index contributed by atoms with van der Waals surface area (Å²) < 4.78 is 16.3. The van der Waals surface area contributed by atoms with E-state index in [1.165, 1.54) is 0 Å². The Bertz CT molecular complexity index is 499. The van der Waals surface area contributed by atoms with E-state index in [0.717, 1.165) is 43.9 Å². The van der Waals surface area contributed by atoms with E-state index < -0.39 is 0 Å². The Morgan fingerprint density at radius 3 is 2.32 bits per heavy atom. The van der Waals surface area contributed by atoms with Crippen molar-refractivity contribution in [1.29, 1.82) is 0 Å². The van der Waals surface area contributed by atoms with Gasteiger partial charge in [0, 0.05) is 18.7 Å². The van der Waals surface area contributed by atoms with Crippen molar-refractivity contribution < 1.29 is 14.2 Å². The van der Waals surface area contributed by atoms with Crippen LogP contribution in [0.5, 0.6) is 17.2 Å². The summed E-state index contributed by atoms with van der Waals surface area (Å²) in [6.07, 6.45) is 1.14. The van der Waals surface area contributed by atoms with Crippen molar-refractivity contribution in [2.24, 2.45) is 11.1 Å². The van der Waals surface area contributed by atoms with Gasteiger partial charge in [-0.25, -0.2) is 0 Å². The van der Waals surface area contributed by atoms with Gasteiger partial charge in [-0.2, -0.15) is 0 Å². The second kappa shape index (κ2) is 7.90. The Kier molecular flexibility index (Phi) is 6.78. The average Bonchev–Trinajstić information content (AvgIpc) is 2.88. The van der Waals surface area contributed by atoms with Crippen LogP contribution in [0.3, 0.4) is 0 Å². The highest BCUT2D eigenvalue weighted by Gasteiger charge is 2.32. The number of ether oxygens (including phenoxy) is 3. The maximum atomic E-state index is 5.88. The fraction of sp³-hybridized carbons (Fsp3) is 0.625. The molecule has 1 aliphatic heterocycles. The van der Waals surface area contributed by atoms with Crippen molar-refractivity contribution in [3.05, 3.63) is 17.7 Å². The van der Waals surface area contributed by atoms with Gasteiger partial charge >= 0.3 is 0 Å². The largest absolute Gasteiger partial charge is 0.493 e. The summed E-state index contributed by atoms with van der Waals surface area (Å²) in [5.41, 5.74) is 7.21. The van der Waals surface area contributed by atoms with E-state index in [2.05, 4.69) is 11.8 Å². The van der Waals surface area contributed by atoms with Crippen molar-refractivity contribution in [3.63, 3.8) is 0 Å². The highest BCUT2D eigenvalue weighted by molar-refractivity contribution is 5.85. The Hall–Kier alpha value is -1.17. The van der Waals surface area contributed by atoms with Crippen LogP contribution in [-0.2, 0) is 6.54 Å². The van der Waals surface area contributed by atoms with Gasteiger partial charge in [-0.15, -0.1) is 12.4 Å². The summed E-state index contributed by atoms with van der Waals surface area (Å²) in [5, 5.41) is 0. The van der Waals surface area contributed by atoms with E-state index in [-0.39, 0.29) is 17.8 Å². The second-order valence-corrected chi connectivity index (χ2v) is 5.97. The highest BCUT2D eigenvalue weighted by atomic mass is 35.5. The van der Waals surface area contributed by atoms with Crippen LogP contribution in [0.4, 0.5) is 0 Å². The minimum Gasteiger partial charge on any atom is -0.493 e. The molecular formula is C16H27ClN2O3. The standard InChI is InChI=1S/C16H26N2O3.ClH/c1-16(10-17)7-8-18(11-16)9-12-5-6-13(19-2)15(21-4)14(12)20-3;/h5-6H,7-11,17H2,1-4H3;1H. The summed E-state index contributed by atoms with van der Waals surface area (Å²) in [5.74, 6) is 2.09. The summed E-state index contributed by atoms with van der Waals surface area (Å²) in [4.78, 5) is 2.41. The third-order valence-corrected chi connectivity index (χ3v) is 4.31. The highest BCUT2D eigenvalue weighted by Crippen LogP contribution is 2.41. The van der Waals surface area contributed by atoms with Crippen LogP contribution in [0.1, 0.15) is 18.9 Å². The number of hydrogen-bond donors (Lipinski definition) is 1. The van der Waals surface area contributed by atoms with E-state index in [1.807, 2.05) is 12.1 Å². The number of methoxy groups -OCH3 is 3. The fourth-order valence-corrected chi connectivity index (χ4v) is 2.96. The van der Waals surface area contributed by atoms with Crippen molar-refractivity contribution in [2.75, 3.05) is 41.0 Å². The summed E-state index contributed by atoms with van der Waals surface area (Å²) in [6.45, 7) is 5.89. The molecule has 0 spiro atoms. The van der Waals surface area contributed by atoms with Gasteiger partial charge in [-0.3, -0.25) is 4.90 Å². The number of rotatable bonds is 6. The molecule has 6 heteroatoms. The molecule has 0 aromatic heterocycles. The summed E-state index contributed by atoms with van der Waals surface area (Å²) in [6, 6.07) is 3.97. The molecule has 1 heterocycles. The molecule has 1 fully saturated rings. The van der Waals surface area contributed by atoms with E-state index in [1.54, 1.807) is 21.3 Å². The fourth-order valence-electron chi connectivity index (χ4n) is 2.96. The van der Waals surface area contributed by atoms with E-state index in [4.69, 9.17) is 19.9 Å². The van der Waals surface area contributed by atoms with Gasteiger partial charge in [0.15, 0.2) is 11.5 Å². The Labute approximate surface area is 139 Å². The molecular weight excluding hydrogens is 304 g/mol. The first kappa shape index (κ1) is 18.9. The third kappa shape index (κ3) is 3.77. The predicted octanol–water partition coefficient (Wildman–Crippen LogP) is 2.30. The number of nitrogens with zero attached hydrogens (tertiary/aromatic N) is 1. The summed E-state index contributed by atoms with van der Waals surface area (Å²) in [7, 11) is 4.92. The molecule has 1 unspecified atom stereocenters. The minimum atomic E-state index is 0. The van der Waals surface area contributed by atoms with Crippen LogP contribution in [0.25, 0.3) is 0 Å². The van der Waals surface area contributed by atoms with Crippen LogP contribution in [0.2, 0.25) is 0 Å². The molecule has 0 radical (unpaired) electrons. The second-order valence-electron chi connectivity index (χ2n) is 5.97. The van der Waals surface area contributed by atoms with Gasteiger partial charge in [-0.05, 0) is 31.0 Å². The molecule has 0 amide bonds. The first-order valence-corrected chi connectivity index (χ1v) is 7.27. The number of nitrogens with two attached hydrogens (primary N) is 1. The molecule has 22 heavy (non-hydrogen) atoms. The SMILES string of the molecule is COc1ccc(CN2CCC(C)(CN)C2)c(OC)c1OC.Cl. The van der Waals surface area contributed by atoms with Crippen LogP contribution >= 0.6 is 12.4 Å². The number of benzene rings is 1. The number of likely N-dealkylation sites (tertiary alicyclic amines) is 1. The molecule has 0 saturated carbocycles. The van der Waals surface area contributed by atoms with Crippen molar-refractivity contribution in [2.45, 2.75) is 19.9 Å². The lowest BCUT2D eigenvalue weighted by Crippen LogP contribution is -2.31. The zero-order valence-electron chi connectivity index (χ0n) is 13.8. The lowest BCUT2D eigenvalue weighted by molar-refractivity contribution is 0.267. The Morgan fingerprint density at radius 1 is 1.14 bits per heavy atom. The molecule has 2 rings (SSSR count). The molecule has 2 N–H and O–H groups in total. The van der Waals surface area contributed by atoms with Crippen LogP contribution in [-0.4, -0.2) is 45.9 Å². The molecule has 126 valence electrons. The quantitative estimate of drug-likeness (QED) is 0.867. The molecule has 1 aliphatic rings. The topological polar surface area (TPSA) is 57.0 Å². The number of halogens is 1. The first-order chi connectivity index (χ1) is 10.1. The molecule has 5 nitrogen and oxygen atoms in total. The molecule has 1 aromatic carbocycles. The van der Waals surface area contributed by atoms with Crippen molar-refractivity contribution in [1.82, 2.24) is 4.90 Å². The summed E-state index contributed by atoms with van der Waals surface area (Å²) >= 11 is 0. The van der Waals surface area contributed by atoms with Crippen molar-refractivity contribution in [3.8, 4) is 17.2 Å². The molecule has 0 aliphatic carbocycles. The smallest absolute Gasteiger partial charge is 0.203 e. The number of hydrogen-bond acceptors (Lipinski definition) is 5. The maximum absolute atomic E-state index is 5.88. The van der Waals surface area contributed by atoms with Gasteiger partial charge in [0.1, 0.15) is 0 Å². The zero-order valence-corrected chi connectivity index (χ0v) is 14.7. The van der Waals surface area contributed by atoms with Crippen LogP contribution in [0, 0.1) is 5.41 Å². The maximum Gasteiger partial charge on any atom is 0.203 e. The third-order valence-electron chi connectivity index (χ3n) is 4.31. The van der Waals surface area contributed by atoms with E-state index >= 15 is 0 Å². The predicted molar refractivity (Wildman–Crippen MR) is 90.4 cm³/mol. The molecule has 1 atom stereocenters.